The van der Waals surface area contributed by atoms with Crippen LogP contribution < -0.4 is 10.6 Å². The van der Waals surface area contributed by atoms with Gasteiger partial charge in [-0.3, -0.25) is 14.1 Å². The predicted octanol–water partition coefficient (Wildman–Crippen LogP) is 7.96. The minimum Gasteiger partial charge on any atom is -0.351 e. The average molecular weight is 659 g/mol. The normalized spacial score (nSPS) is 12.6. The lowest BCUT2D eigenvalue weighted by molar-refractivity contribution is -0.117. The molecule has 0 saturated carbocycles. The lowest BCUT2D eigenvalue weighted by atomic mass is 9.89. The first-order valence-electron chi connectivity index (χ1n) is 15.0. The van der Waals surface area contributed by atoms with Gasteiger partial charge in [-0.25, -0.2) is 0 Å². The van der Waals surface area contributed by atoms with Crippen LogP contribution in [0.1, 0.15) is 59.3 Å². The minimum atomic E-state index is -4.17. The van der Waals surface area contributed by atoms with Gasteiger partial charge in [0.15, 0.2) is 0 Å². The van der Waals surface area contributed by atoms with E-state index in [4.69, 9.17) is 16.2 Å². The van der Waals surface area contributed by atoms with Crippen LogP contribution in [0, 0.1) is 12.3 Å². The van der Waals surface area contributed by atoms with Crippen molar-refractivity contribution in [3.63, 3.8) is 0 Å². The number of allylic oxidation sites excluding steroid dienone is 1. The van der Waals surface area contributed by atoms with Gasteiger partial charge in [0.2, 0.25) is 5.91 Å². The summed E-state index contributed by atoms with van der Waals surface area (Å²) < 4.78 is 30.8. The van der Waals surface area contributed by atoms with Gasteiger partial charge in [0.25, 0.3) is 16.0 Å². The van der Waals surface area contributed by atoms with Crippen LogP contribution in [0.3, 0.4) is 0 Å². The van der Waals surface area contributed by atoms with Crippen LogP contribution in [-0.2, 0) is 21.3 Å². The summed E-state index contributed by atoms with van der Waals surface area (Å²) in [5.74, 6) is -1.73. The number of amides is 2. The molecule has 4 aromatic rings. The maximum absolute atomic E-state index is 13.9. The topological polar surface area (TPSA) is 113 Å². The molecule has 3 N–H and O–H groups in total. The van der Waals surface area contributed by atoms with Gasteiger partial charge >= 0.3 is 0 Å². The van der Waals surface area contributed by atoms with Crippen molar-refractivity contribution < 1.29 is 22.6 Å². The first kappa shape index (κ1) is 34.6. The zero-order valence-corrected chi connectivity index (χ0v) is 28.0. The summed E-state index contributed by atoms with van der Waals surface area (Å²) in [5.41, 5.74) is 6.85. The molecule has 0 radical (unpaired) electrons. The van der Waals surface area contributed by atoms with Crippen molar-refractivity contribution in [1.82, 2.24) is 5.32 Å². The third-order valence-corrected chi connectivity index (χ3v) is 8.31. The summed E-state index contributed by atoms with van der Waals surface area (Å²) in [5, 5.41) is 6.26. The molecule has 0 aliphatic carbocycles. The Bertz CT molecular complexity index is 1830. The van der Waals surface area contributed by atoms with E-state index in [1.807, 2.05) is 73.7 Å². The standard InChI is InChI=1S/C37H39ClN2O5S/c1-25-22-31(38)14-17-33(25)28-12-15-32(16-13-28)40-36(42)34(30-7-5-6-26(23-30)18-19-37(2,3)4)24-27-8-10-29(11-9-27)35(41)39-20-21-46(43,44)45/h5-19,22-23,34H,20-21,24H2,1-4H3,(H,39,41)(H,40,42)(H,43,44,45)/b19-18+. The molecular formula is C37H39ClN2O5S. The molecule has 0 bridgehead atoms. The van der Waals surface area contributed by atoms with Crippen LogP contribution in [0.5, 0.6) is 0 Å². The molecular weight excluding hydrogens is 620 g/mol. The second kappa shape index (κ2) is 14.9. The van der Waals surface area contributed by atoms with Gasteiger partial charge in [-0.2, -0.15) is 8.42 Å². The highest BCUT2D eigenvalue weighted by Gasteiger charge is 2.22. The molecule has 0 saturated heterocycles. The molecule has 0 aliphatic heterocycles. The molecule has 46 heavy (non-hydrogen) atoms. The van der Waals surface area contributed by atoms with Crippen molar-refractivity contribution in [2.75, 3.05) is 17.6 Å². The maximum atomic E-state index is 13.9. The number of hydrogen-bond acceptors (Lipinski definition) is 4. The Balaban J connectivity index is 1.56. The van der Waals surface area contributed by atoms with Gasteiger partial charge in [-0.15, -0.1) is 0 Å². The van der Waals surface area contributed by atoms with E-state index in [0.717, 1.165) is 33.4 Å². The molecule has 7 nitrogen and oxygen atoms in total. The highest BCUT2D eigenvalue weighted by atomic mass is 35.5. The minimum absolute atomic E-state index is 0.00385. The molecule has 2 amide bonds. The summed E-state index contributed by atoms with van der Waals surface area (Å²) in [7, 11) is -4.17. The summed E-state index contributed by atoms with van der Waals surface area (Å²) in [6.07, 6.45) is 4.57. The molecule has 4 rings (SSSR count). The van der Waals surface area contributed by atoms with E-state index in [-0.39, 0.29) is 17.9 Å². The summed E-state index contributed by atoms with van der Waals surface area (Å²) in [6, 6.07) is 28.2. The van der Waals surface area contributed by atoms with Gasteiger partial charge in [0, 0.05) is 22.8 Å². The van der Waals surface area contributed by atoms with Crippen molar-refractivity contribution in [3.05, 3.63) is 130 Å². The molecule has 240 valence electrons. The van der Waals surface area contributed by atoms with E-state index in [2.05, 4.69) is 43.6 Å². The zero-order chi connectivity index (χ0) is 33.5. The monoisotopic (exact) mass is 658 g/mol. The van der Waals surface area contributed by atoms with Gasteiger partial charge in [0.1, 0.15) is 0 Å². The first-order valence-corrected chi connectivity index (χ1v) is 16.9. The Kier molecular flexibility index (Phi) is 11.2. The molecule has 0 aliphatic rings. The summed E-state index contributed by atoms with van der Waals surface area (Å²) in [6.45, 7) is 8.18. The number of anilines is 1. The number of rotatable bonds is 11. The Hall–Kier alpha value is -4.24. The first-order chi connectivity index (χ1) is 21.7. The Morgan fingerprint density at radius 2 is 1.63 bits per heavy atom. The largest absolute Gasteiger partial charge is 0.351 e. The fourth-order valence-electron chi connectivity index (χ4n) is 4.92. The highest BCUT2D eigenvalue weighted by molar-refractivity contribution is 7.85. The number of carbonyl (C=O) groups is 2. The van der Waals surface area contributed by atoms with E-state index in [9.17, 15) is 18.0 Å². The van der Waals surface area contributed by atoms with E-state index in [0.29, 0.717) is 22.7 Å². The lowest BCUT2D eigenvalue weighted by Crippen LogP contribution is -2.28. The van der Waals surface area contributed by atoms with Crippen LogP contribution in [0.4, 0.5) is 5.69 Å². The molecule has 0 heterocycles. The van der Waals surface area contributed by atoms with Crippen LogP contribution in [-0.4, -0.2) is 37.1 Å². The van der Waals surface area contributed by atoms with Crippen LogP contribution in [0.25, 0.3) is 17.2 Å². The quantitative estimate of drug-likeness (QED) is 0.142. The smallest absolute Gasteiger partial charge is 0.266 e. The fraction of sp³-hybridized carbons (Fsp3) is 0.243. The molecule has 0 fully saturated rings. The summed E-state index contributed by atoms with van der Waals surface area (Å²) in [4.78, 5) is 26.3. The van der Waals surface area contributed by atoms with Gasteiger partial charge < -0.3 is 10.6 Å². The molecule has 1 unspecified atom stereocenters. The maximum Gasteiger partial charge on any atom is 0.266 e. The molecule has 0 aromatic heterocycles. The van der Waals surface area contributed by atoms with E-state index < -0.39 is 27.7 Å². The van der Waals surface area contributed by atoms with Crippen LogP contribution in [0.15, 0.2) is 97.1 Å². The van der Waals surface area contributed by atoms with E-state index in [1.54, 1.807) is 24.3 Å². The predicted molar refractivity (Wildman–Crippen MR) is 187 cm³/mol. The van der Waals surface area contributed by atoms with Crippen molar-refractivity contribution in [3.8, 4) is 11.1 Å². The van der Waals surface area contributed by atoms with E-state index in [1.165, 1.54) is 0 Å². The number of hydrogen-bond donors (Lipinski definition) is 3. The van der Waals surface area contributed by atoms with Gasteiger partial charge in [-0.1, -0.05) is 99.1 Å². The third-order valence-electron chi connectivity index (χ3n) is 7.36. The van der Waals surface area contributed by atoms with Crippen molar-refractivity contribution in [2.24, 2.45) is 5.41 Å². The second-order valence-corrected chi connectivity index (χ2v) is 14.4. The molecule has 4 aromatic carbocycles. The van der Waals surface area contributed by atoms with Crippen LogP contribution in [0.2, 0.25) is 5.02 Å². The van der Waals surface area contributed by atoms with E-state index >= 15 is 0 Å². The molecule has 9 heteroatoms. The highest BCUT2D eigenvalue weighted by Crippen LogP contribution is 2.29. The Morgan fingerprint density at radius 1 is 0.935 bits per heavy atom. The lowest BCUT2D eigenvalue weighted by Gasteiger charge is -2.19. The summed E-state index contributed by atoms with van der Waals surface area (Å²) >= 11 is 6.13. The SMILES string of the molecule is Cc1cc(Cl)ccc1-c1ccc(NC(=O)C(Cc2ccc(C(=O)NCCS(=O)(=O)O)cc2)c2cccc(/C=C/C(C)(C)C)c2)cc1. The fourth-order valence-corrected chi connectivity index (χ4v) is 5.51. The average Bonchev–Trinajstić information content (AvgIpc) is 2.99. The van der Waals surface area contributed by atoms with Crippen molar-refractivity contribution in [2.45, 2.75) is 40.0 Å². The molecule has 1 atom stereocenters. The zero-order valence-electron chi connectivity index (χ0n) is 26.4. The number of halogens is 1. The number of aryl methyl sites for hydroxylation is 1. The number of carbonyl (C=O) groups excluding carboxylic acids is 2. The molecule has 0 spiro atoms. The van der Waals surface area contributed by atoms with Crippen molar-refractivity contribution >= 4 is 45.3 Å². The number of benzene rings is 4. The van der Waals surface area contributed by atoms with Gasteiger partial charge in [0.05, 0.1) is 11.7 Å². The van der Waals surface area contributed by atoms with Crippen LogP contribution >= 0.6 is 11.6 Å². The van der Waals surface area contributed by atoms with Crippen molar-refractivity contribution in [1.29, 1.82) is 0 Å². The second-order valence-electron chi connectivity index (χ2n) is 12.4. The Morgan fingerprint density at radius 3 is 2.26 bits per heavy atom. The third kappa shape index (κ3) is 10.4. The Labute approximate surface area is 276 Å². The number of nitrogens with one attached hydrogen (secondary N) is 2. The van der Waals surface area contributed by atoms with Gasteiger partial charge in [-0.05, 0) is 88.5 Å².